The van der Waals surface area contributed by atoms with E-state index >= 15 is 0 Å². The minimum absolute atomic E-state index is 0.0337. The summed E-state index contributed by atoms with van der Waals surface area (Å²) in [4.78, 5) is 20.3. The molecule has 0 aromatic carbocycles. The van der Waals surface area contributed by atoms with Gasteiger partial charge >= 0.3 is 0 Å². The van der Waals surface area contributed by atoms with Gasteiger partial charge in [0.25, 0.3) is 0 Å². The van der Waals surface area contributed by atoms with E-state index < -0.39 is 0 Å². The number of hydrogen-bond acceptors (Lipinski definition) is 3. The summed E-state index contributed by atoms with van der Waals surface area (Å²) in [6.07, 6.45) is 5.94. The molecule has 2 fully saturated rings. The number of amides is 1. The number of hydrogen-bond donors (Lipinski definition) is 0. The third-order valence-corrected chi connectivity index (χ3v) is 5.24. The van der Waals surface area contributed by atoms with Crippen molar-refractivity contribution in [1.29, 1.82) is 0 Å². The average Bonchev–Trinajstić information content (AvgIpc) is 2.82. The molecule has 1 aromatic rings. The van der Waals surface area contributed by atoms with Crippen LogP contribution in [0.5, 0.6) is 0 Å². The number of anilines is 1. The van der Waals surface area contributed by atoms with Crippen LogP contribution in [0.3, 0.4) is 0 Å². The Morgan fingerprint density at radius 2 is 2.12 bits per heavy atom. The molecule has 2 aliphatic heterocycles. The molecule has 0 saturated carbocycles. The monoisotopic (exact) mass is 351 g/mol. The Morgan fingerprint density at radius 3 is 2.75 bits per heavy atom. The minimum atomic E-state index is -0.383. The summed E-state index contributed by atoms with van der Waals surface area (Å²) < 4.78 is 14.0. The molecule has 0 bridgehead atoms. The van der Waals surface area contributed by atoms with E-state index in [9.17, 15) is 9.18 Å². The second-order valence-electron chi connectivity index (χ2n) is 7.18. The zero-order valence-corrected chi connectivity index (χ0v) is 14.9. The number of pyridine rings is 1. The van der Waals surface area contributed by atoms with Gasteiger partial charge in [-0.25, -0.2) is 9.37 Å². The molecule has 0 N–H and O–H groups in total. The number of carbonyl (C=O) groups is 1. The summed E-state index contributed by atoms with van der Waals surface area (Å²) in [5, 5.41) is 0.307. The SMILES string of the molecule is CC(C)=CCN1CC2(CCN(c3ncc(Cl)cc3F)CC2)CC1=O. The summed E-state index contributed by atoms with van der Waals surface area (Å²) >= 11 is 5.77. The quantitative estimate of drug-likeness (QED) is 0.780. The lowest BCUT2D eigenvalue weighted by atomic mass is 9.77. The summed E-state index contributed by atoms with van der Waals surface area (Å²) in [6.45, 7) is 7.02. The van der Waals surface area contributed by atoms with Crippen molar-refractivity contribution in [3.63, 3.8) is 0 Å². The van der Waals surface area contributed by atoms with Gasteiger partial charge < -0.3 is 9.80 Å². The lowest BCUT2D eigenvalue weighted by molar-refractivity contribution is -0.127. The zero-order valence-electron chi connectivity index (χ0n) is 14.2. The number of aromatic nitrogens is 1. The molecule has 2 aliphatic rings. The van der Waals surface area contributed by atoms with Gasteiger partial charge in [0.15, 0.2) is 11.6 Å². The van der Waals surface area contributed by atoms with E-state index in [1.165, 1.54) is 17.8 Å². The molecule has 3 rings (SSSR count). The van der Waals surface area contributed by atoms with Crippen LogP contribution in [-0.2, 0) is 4.79 Å². The number of allylic oxidation sites excluding steroid dienone is 1. The van der Waals surface area contributed by atoms with Gasteiger partial charge in [0.1, 0.15) is 0 Å². The standard InChI is InChI=1S/C18H23ClFN3O/c1-13(2)3-6-23-12-18(10-16(23)24)4-7-22(8-5-18)17-15(20)9-14(19)11-21-17/h3,9,11H,4-8,10,12H2,1-2H3. The first-order valence-corrected chi connectivity index (χ1v) is 8.73. The Morgan fingerprint density at radius 1 is 1.42 bits per heavy atom. The van der Waals surface area contributed by atoms with Gasteiger partial charge in [-0.1, -0.05) is 23.3 Å². The van der Waals surface area contributed by atoms with Crippen LogP contribution >= 0.6 is 11.6 Å². The molecule has 1 amide bonds. The Labute approximate surface area is 147 Å². The van der Waals surface area contributed by atoms with Crippen molar-refractivity contribution in [1.82, 2.24) is 9.88 Å². The predicted molar refractivity (Wildman–Crippen MR) is 93.7 cm³/mol. The van der Waals surface area contributed by atoms with Crippen LogP contribution in [0.1, 0.15) is 33.1 Å². The van der Waals surface area contributed by atoms with Crippen molar-refractivity contribution in [3.8, 4) is 0 Å². The van der Waals surface area contributed by atoms with E-state index in [1.807, 2.05) is 23.6 Å². The van der Waals surface area contributed by atoms with Gasteiger partial charge in [-0.15, -0.1) is 0 Å². The largest absolute Gasteiger partial charge is 0.354 e. The van der Waals surface area contributed by atoms with Crippen LogP contribution in [0.4, 0.5) is 10.2 Å². The first-order valence-electron chi connectivity index (χ1n) is 8.36. The number of carbonyl (C=O) groups excluding carboxylic acids is 1. The molecule has 0 unspecified atom stereocenters. The fraction of sp³-hybridized carbons (Fsp3) is 0.556. The Hall–Kier alpha value is -1.62. The Bertz CT molecular complexity index is 664. The fourth-order valence-electron chi connectivity index (χ4n) is 3.61. The summed E-state index contributed by atoms with van der Waals surface area (Å²) in [6, 6.07) is 1.30. The third-order valence-electron chi connectivity index (χ3n) is 5.04. The van der Waals surface area contributed by atoms with Gasteiger partial charge in [-0.3, -0.25) is 4.79 Å². The lowest BCUT2D eigenvalue weighted by Gasteiger charge is -2.39. The Balaban J connectivity index is 1.64. The topological polar surface area (TPSA) is 36.4 Å². The highest BCUT2D eigenvalue weighted by atomic mass is 35.5. The lowest BCUT2D eigenvalue weighted by Crippen LogP contribution is -2.42. The molecule has 2 saturated heterocycles. The molecule has 0 aliphatic carbocycles. The zero-order chi connectivity index (χ0) is 17.3. The number of nitrogens with zero attached hydrogens (tertiary/aromatic N) is 3. The molecule has 1 aromatic heterocycles. The van der Waals surface area contributed by atoms with Crippen molar-refractivity contribution in [2.24, 2.45) is 5.41 Å². The highest BCUT2D eigenvalue weighted by Crippen LogP contribution is 2.42. The number of likely N-dealkylation sites (tertiary alicyclic amines) is 1. The van der Waals surface area contributed by atoms with E-state index in [0.29, 0.717) is 23.8 Å². The maximum absolute atomic E-state index is 14.0. The molecular weight excluding hydrogens is 329 g/mol. The van der Waals surface area contributed by atoms with Crippen molar-refractivity contribution < 1.29 is 9.18 Å². The first kappa shape index (κ1) is 17.2. The molecule has 24 heavy (non-hydrogen) atoms. The van der Waals surface area contributed by atoms with E-state index in [2.05, 4.69) is 11.1 Å². The predicted octanol–water partition coefficient (Wildman–Crippen LogP) is 3.66. The average molecular weight is 352 g/mol. The molecule has 4 nitrogen and oxygen atoms in total. The van der Waals surface area contributed by atoms with Gasteiger partial charge in [0, 0.05) is 44.2 Å². The summed E-state index contributed by atoms with van der Waals surface area (Å²) in [5.74, 6) is 0.211. The molecule has 3 heterocycles. The van der Waals surface area contributed by atoms with Crippen LogP contribution in [0, 0.1) is 11.2 Å². The van der Waals surface area contributed by atoms with E-state index in [4.69, 9.17) is 11.6 Å². The van der Waals surface area contributed by atoms with Crippen LogP contribution in [0.2, 0.25) is 5.02 Å². The van der Waals surface area contributed by atoms with E-state index in [0.717, 1.165) is 32.5 Å². The molecule has 0 radical (unpaired) electrons. The third kappa shape index (κ3) is 3.56. The van der Waals surface area contributed by atoms with Crippen molar-refractivity contribution in [2.45, 2.75) is 33.1 Å². The van der Waals surface area contributed by atoms with Gasteiger partial charge in [0.05, 0.1) is 5.02 Å². The second-order valence-corrected chi connectivity index (χ2v) is 7.61. The molecular formula is C18H23ClFN3O. The van der Waals surface area contributed by atoms with Crippen molar-refractivity contribution >= 4 is 23.3 Å². The van der Waals surface area contributed by atoms with Crippen molar-refractivity contribution in [3.05, 3.63) is 34.8 Å². The van der Waals surface area contributed by atoms with Crippen LogP contribution in [0.25, 0.3) is 0 Å². The number of halogens is 2. The van der Waals surface area contributed by atoms with Crippen LogP contribution in [-0.4, -0.2) is 42.0 Å². The van der Waals surface area contributed by atoms with Gasteiger partial charge in [-0.2, -0.15) is 0 Å². The smallest absolute Gasteiger partial charge is 0.223 e. The van der Waals surface area contributed by atoms with E-state index in [-0.39, 0.29) is 17.1 Å². The highest BCUT2D eigenvalue weighted by molar-refractivity contribution is 6.30. The second kappa shape index (κ2) is 6.71. The van der Waals surface area contributed by atoms with Crippen LogP contribution in [0.15, 0.2) is 23.9 Å². The van der Waals surface area contributed by atoms with Gasteiger partial charge in [0.2, 0.25) is 5.91 Å². The number of rotatable bonds is 3. The first-order chi connectivity index (χ1) is 11.4. The van der Waals surface area contributed by atoms with Gasteiger partial charge in [-0.05, 0) is 32.8 Å². The number of piperidine rings is 1. The maximum atomic E-state index is 14.0. The van der Waals surface area contributed by atoms with Crippen LogP contribution < -0.4 is 4.90 Å². The van der Waals surface area contributed by atoms with E-state index in [1.54, 1.807) is 0 Å². The fourth-order valence-corrected chi connectivity index (χ4v) is 3.75. The molecule has 130 valence electrons. The highest BCUT2D eigenvalue weighted by Gasteiger charge is 2.44. The molecule has 1 spiro atoms. The Kier molecular flexibility index (Phi) is 4.81. The molecule has 6 heteroatoms. The summed E-state index contributed by atoms with van der Waals surface area (Å²) in [5.41, 5.74) is 1.26. The maximum Gasteiger partial charge on any atom is 0.223 e. The van der Waals surface area contributed by atoms with Crippen molar-refractivity contribution in [2.75, 3.05) is 31.1 Å². The normalized spacial score (nSPS) is 19.9. The summed E-state index contributed by atoms with van der Waals surface area (Å²) in [7, 11) is 0. The molecule has 0 atom stereocenters. The minimum Gasteiger partial charge on any atom is -0.354 e.